The summed E-state index contributed by atoms with van der Waals surface area (Å²) in [6, 6.07) is 2.50. The lowest BCUT2D eigenvalue weighted by atomic mass is 10.1. The second-order valence-electron chi connectivity index (χ2n) is 5.08. The molecule has 138 valence electrons. The summed E-state index contributed by atoms with van der Waals surface area (Å²) in [7, 11) is 0. The minimum absolute atomic E-state index is 0.150. The molecule has 0 saturated carbocycles. The molecule has 1 aromatic heterocycles. The van der Waals surface area contributed by atoms with Crippen LogP contribution in [0.4, 0.5) is 11.4 Å². The van der Waals surface area contributed by atoms with E-state index in [0.717, 1.165) is 0 Å². The van der Waals surface area contributed by atoms with E-state index in [4.69, 9.17) is 9.26 Å². The number of anilines is 1. The van der Waals surface area contributed by atoms with E-state index in [1.807, 2.05) is 6.92 Å². The number of aromatic nitrogens is 1. The van der Waals surface area contributed by atoms with Gasteiger partial charge in [0.1, 0.15) is 11.3 Å². The third-order valence-electron chi connectivity index (χ3n) is 3.31. The molecule has 0 fully saturated rings. The van der Waals surface area contributed by atoms with Crippen LogP contribution in [0.15, 0.2) is 25.6 Å². The number of benzene rings is 1. The molecule has 2 rings (SSSR count). The fourth-order valence-electron chi connectivity index (χ4n) is 2.08. The molecule has 11 heteroatoms. The number of nitro benzene ring substituents is 1. The summed E-state index contributed by atoms with van der Waals surface area (Å²) in [5.74, 6) is -1.01. The molecule has 0 unspecified atom stereocenters. The minimum atomic E-state index is -0.711. The first-order chi connectivity index (χ1) is 12.2. The van der Waals surface area contributed by atoms with Crippen LogP contribution < -0.4 is 5.32 Å². The Morgan fingerprint density at radius 2 is 1.96 bits per heavy atom. The van der Waals surface area contributed by atoms with Crippen molar-refractivity contribution in [2.45, 2.75) is 20.3 Å². The van der Waals surface area contributed by atoms with E-state index in [9.17, 15) is 19.7 Å². The SMILES string of the molecule is CCc1noc(C)c1C(=O)OCC(=O)Nc1c(Br)cc([N+](=O)[O-])cc1Br. The lowest BCUT2D eigenvalue weighted by Gasteiger charge is -2.10. The number of carbonyl (C=O) groups is 2. The third-order valence-corrected chi connectivity index (χ3v) is 4.56. The molecule has 0 aliphatic heterocycles. The highest BCUT2D eigenvalue weighted by Gasteiger charge is 2.22. The maximum Gasteiger partial charge on any atom is 0.344 e. The summed E-state index contributed by atoms with van der Waals surface area (Å²) in [5, 5.41) is 17.1. The van der Waals surface area contributed by atoms with Crippen LogP contribution in [0.1, 0.15) is 28.7 Å². The normalized spacial score (nSPS) is 10.5. The number of esters is 1. The Kier molecular flexibility index (Phi) is 6.48. The summed E-state index contributed by atoms with van der Waals surface area (Å²) in [4.78, 5) is 34.4. The molecule has 1 amide bonds. The zero-order valence-corrected chi connectivity index (χ0v) is 16.8. The van der Waals surface area contributed by atoms with Gasteiger partial charge in [0.25, 0.3) is 11.6 Å². The lowest BCUT2D eigenvalue weighted by molar-refractivity contribution is -0.385. The number of hydrogen-bond acceptors (Lipinski definition) is 7. The van der Waals surface area contributed by atoms with E-state index in [2.05, 4.69) is 42.3 Å². The number of ether oxygens (including phenoxy) is 1. The van der Waals surface area contributed by atoms with Crippen LogP contribution in [0.25, 0.3) is 0 Å². The first-order valence-electron chi connectivity index (χ1n) is 7.30. The molecule has 1 aromatic carbocycles. The number of nitrogens with zero attached hydrogens (tertiary/aromatic N) is 2. The van der Waals surface area contributed by atoms with Crippen molar-refractivity contribution in [2.24, 2.45) is 0 Å². The van der Waals surface area contributed by atoms with Gasteiger partial charge in [0, 0.05) is 21.1 Å². The average molecular weight is 491 g/mol. The van der Waals surface area contributed by atoms with Crippen molar-refractivity contribution in [3.63, 3.8) is 0 Å². The first-order valence-corrected chi connectivity index (χ1v) is 8.88. The maximum absolute atomic E-state index is 12.1. The molecule has 0 aliphatic rings. The van der Waals surface area contributed by atoms with Crippen LogP contribution in [0.5, 0.6) is 0 Å². The highest BCUT2D eigenvalue weighted by atomic mass is 79.9. The number of hydrogen-bond donors (Lipinski definition) is 1. The molecule has 0 radical (unpaired) electrons. The quantitative estimate of drug-likeness (QED) is 0.371. The fourth-order valence-corrected chi connectivity index (χ4v) is 3.44. The smallest absolute Gasteiger partial charge is 0.344 e. The first kappa shape index (κ1) is 20.0. The molecule has 2 aromatic rings. The fraction of sp³-hybridized carbons (Fsp3) is 0.267. The number of halogens is 2. The van der Waals surface area contributed by atoms with Crippen LogP contribution in [0.2, 0.25) is 0 Å². The topological polar surface area (TPSA) is 125 Å². The van der Waals surface area contributed by atoms with Crippen molar-refractivity contribution < 1.29 is 23.8 Å². The van der Waals surface area contributed by atoms with Crippen LogP contribution in [-0.2, 0) is 16.0 Å². The van der Waals surface area contributed by atoms with Gasteiger partial charge in [-0.1, -0.05) is 12.1 Å². The summed E-state index contributed by atoms with van der Waals surface area (Å²) in [6.45, 7) is 2.85. The monoisotopic (exact) mass is 489 g/mol. The molecular formula is C15H13Br2N3O6. The van der Waals surface area contributed by atoms with Gasteiger partial charge < -0.3 is 14.6 Å². The number of aryl methyl sites for hydroxylation is 2. The summed E-state index contributed by atoms with van der Waals surface area (Å²) >= 11 is 6.31. The van der Waals surface area contributed by atoms with Gasteiger partial charge in [-0.05, 0) is 45.2 Å². The van der Waals surface area contributed by atoms with E-state index < -0.39 is 23.4 Å². The van der Waals surface area contributed by atoms with Gasteiger partial charge in [0.05, 0.1) is 16.3 Å². The second-order valence-corrected chi connectivity index (χ2v) is 6.79. The van der Waals surface area contributed by atoms with E-state index in [-0.39, 0.29) is 16.9 Å². The van der Waals surface area contributed by atoms with E-state index in [0.29, 0.717) is 26.8 Å². The molecule has 26 heavy (non-hydrogen) atoms. The van der Waals surface area contributed by atoms with Gasteiger partial charge in [-0.3, -0.25) is 14.9 Å². The Morgan fingerprint density at radius 1 is 1.35 bits per heavy atom. The van der Waals surface area contributed by atoms with Crippen LogP contribution in [-0.4, -0.2) is 28.6 Å². The number of nitrogens with one attached hydrogen (secondary N) is 1. The highest BCUT2D eigenvalue weighted by molar-refractivity contribution is 9.11. The summed E-state index contributed by atoms with van der Waals surface area (Å²) in [6.07, 6.45) is 0.483. The average Bonchev–Trinajstić information content (AvgIpc) is 2.96. The molecule has 0 bridgehead atoms. The molecule has 9 nitrogen and oxygen atoms in total. The van der Waals surface area contributed by atoms with Gasteiger partial charge in [0.2, 0.25) is 0 Å². The predicted octanol–water partition coefficient (Wildman–Crippen LogP) is 3.77. The number of nitro groups is 1. The van der Waals surface area contributed by atoms with Crippen LogP contribution in [0, 0.1) is 17.0 Å². The van der Waals surface area contributed by atoms with Gasteiger partial charge in [0.15, 0.2) is 6.61 Å². The zero-order chi connectivity index (χ0) is 19.4. The van der Waals surface area contributed by atoms with Crippen molar-refractivity contribution in [2.75, 3.05) is 11.9 Å². The number of non-ortho nitro benzene ring substituents is 1. The minimum Gasteiger partial charge on any atom is -0.452 e. The van der Waals surface area contributed by atoms with Crippen molar-refractivity contribution in [1.82, 2.24) is 5.16 Å². The van der Waals surface area contributed by atoms with Crippen LogP contribution >= 0.6 is 31.9 Å². The summed E-state index contributed by atoms with van der Waals surface area (Å²) < 4.78 is 10.6. The Hall–Kier alpha value is -2.27. The Morgan fingerprint density at radius 3 is 2.50 bits per heavy atom. The van der Waals surface area contributed by atoms with Gasteiger partial charge in [-0.15, -0.1) is 0 Å². The molecule has 1 N–H and O–H groups in total. The lowest BCUT2D eigenvalue weighted by Crippen LogP contribution is -2.22. The summed E-state index contributed by atoms with van der Waals surface area (Å²) in [5.41, 5.74) is 0.794. The molecule has 0 atom stereocenters. The zero-order valence-electron chi connectivity index (χ0n) is 13.7. The molecular weight excluding hydrogens is 478 g/mol. The van der Waals surface area contributed by atoms with E-state index in [1.165, 1.54) is 12.1 Å². The van der Waals surface area contributed by atoms with Crippen LogP contribution in [0.3, 0.4) is 0 Å². The molecule has 0 spiro atoms. The van der Waals surface area contributed by atoms with Crippen molar-refractivity contribution >= 4 is 55.1 Å². The van der Waals surface area contributed by atoms with Gasteiger partial charge >= 0.3 is 5.97 Å². The maximum atomic E-state index is 12.1. The molecule has 0 saturated heterocycles. The van der Waals surface area contributed by atoms with Gasteiger partial charge in [-0.2, -0.15) is 0 Å². The van der Waals surface area contributed by atoms with Crippen molar-refractivity contribution in [1.29, 1.82) is 0 Å². The second kappa shape index (κ2) is 8.41. The molecule has 0 aliphatic carbocycles. The number of rotatable bonds is 6. The number of carbonyl (C=O) groups excluding carboxylic acids is 2. The van der Waals surface area contributed by atoms with Crippen molar-refractivity contribution in [3.8, 4) is 0 Å². The predicted molar refractivity (Wildman–Crippen MR) is 98.0 cm³/mol. The third kappa shape index (κ3) is 4.47. The Bertz CT molecular complexity index is 857. The largest absolute Gasteiger partial charge is 0.452 e. The Balaban J connectivity index is 2.04. The Labute approximate surface area is 164 Å². The van der Waals surface area contributed by atoms with E-state index >= 15 is 0 Å². The molecule has 1 heterocycles. The highest BCUT2D eigenvalue weighted by Crippen LogP contribution is 2.35. The van der Waals surface area contributed by atoms with Crippen molar-refractivity contribution in [3.05, 3.63) is 48.2 Å². The van der Waals surface area contributed by atoms with Gasteiger partial charge in [-0.25, -0.2) is 4.79 Å². The van der Waals surface area contributed by atoms with E-state index in [1.54, 1.807) is 6.92 Å². The standard InChI is InChI=1S/C15H13Br2N3O6/c1-3-11-13(7(2)26-19-11)15(22)25-6-12(21)18-14-9(16)4-8(20(23)24)5-10(14)17/h4-5H,3,6H2,1-2H3,(H,18,21). The number of amides is 1.